The van der Waals surface area contributed by atoms with Crippen molar-refractivity contribution in [2.24, 2.45) is 0 Å². The van der Waals surface area contributed by atoms with Gasteiger partial charge < -0.3 is 15.4 Å². The smallest absolute Gasteiger partial charge is 0.262 e. The molecule has 106 valence electrons. The van der Waals surface area contributed by atoms with Gasteiger partial charge in [-0.3, -0.25) is 9.59 Å². The van der Waals surface area contributed by atoms with E-state index in [0.29, 0.717) is 17.1 Å². The first kappa shape index (κ1) is 13.1. The zero-order chi connectivity index (χ0) is 14.8. The van der Waals surface area contributed by atoms with Crippen LogP contribution in [0, 0.1) is 5.82 Å². The molecule has 3 rings (SSSR count). The van der Waals surface area contributed by atoms with Crippen LogP contribution in [0.3, 0.4) is 0 Å². The number of rotatable bonds is 2. The number of amides is 2. The Bertz CT molecular complexity index is 731. The zero-order valence-electron chi connectivity index (χ0n) is 10.9. The van der Waals surface area contributed by atoms with Gasteiger partial charge in [-0.2, -0.15) is 0 Å². The Morgan fingerprint density at radius 2 is 2.10 bits per heavy atom. The number of hydrogen-bond donors (Lipinski definition) is 2. The molecule has 2 amide bonds. The third kappa shape index (κ3) is 2.84. The van der Waals surface area contributed by atoms with Crippen LogP contribution < -0.4 is 15.4 Å². The van der Waals surface area contributed by atoms with Crippen molar-refractivity contribution in [2.45, 2.75) is 0 Å². The number of carbonyl (C=O) groups is 2. The molecule has 5 nitrogen and oxygen atoms in total. The van der Waals surface area contributed by atoms with Crippen molar-refractivity contribution >= 4 is 23.2 Å². The van der Waals surface area contributed by atoms with Crippen molar-refractivity contribution in [2.75, 3.05) is 17.2 Å². The van der Waals surface area contributed by atoms with Crippen molar-refractivity contribution < 1.29 is 18.7 Å². The van der Waals surface area contributed by atoms with E-state index in [1.807, 2.05) is 0 Å². The molecule has 2 aromatic carbocycles. The minimum atomic E-state index is -0.473. The fourth-order valence-electron chi connectivity index (χ4n) is 1.99. The van der Waals surface area contributed by atoms with Crippen LogP contribution in [-0.2, 0) is 4.79 Å². The molecule has 0 bridgehead atoms. The van der Waals surface area contributed by atoms with E-state index in [1.54, 1.807) is 18.2 Å². The molecule has 21 heavy (non-hydrogen) atoms. The monoisotopic (exact) mass is 286 g/mol. The fraction of sp³-hybridized carbons (Fsp3) is 0.0667. The summed E-state index contributed by atoms with van der Waals surface area (Å²) < 4.78 is 18.3. The summed E-state index contributed by atoms with van der Waals surface area (Å²) >= 11 is 0. The van der Waals surface area contributed by atoms with Gasteiger partial charge in [0.1, 0.15) is 11.6 Å². The number of hydrogen-bond acceptors (Lipinski definition) is 3. The SMILES string of the molecule is O=C1COc2cc(NC(=O)c3cccc(F)c3)ccc2N1. The third-order valence-corrected chi connectivity index (χ3v) is 2.96. The van der Waals surface area contributed by atoms with Crippen LogP contribution >= 0.6 is 0 Å². The molecular weight excluding hydrogens is 275 g/mol. The fourth-order valence-corrected chi connectivity index (χ4v) is 1.99. The molecule has 0 saturated carbocycles. The molecule has 1 heterocycles. The van der Waals surface area contributed by atoms with Crippen LogP contribution in [0.1, 0.15) is 10.4 Å². The highest BCUT2D eigenvalue weighted by atomic mass is 19.1. The Hall–Kier alpha value is -2.89. The predicted molar refractivity (Wildman–Crippen MR) is 74.9 cm³/mol. The van der Waals surface area contributed by atoms with Crippen LogP contribution in [0.15, 0.2) is 42.5 Å². The van der Waals surface area contributed by atoms with Gasteiger partial charge in [0, 0.05) is 17.3 Å². The molecule has 2 aromatic rings. The van der Waals surface area contributed by atoms with Crippen LogP contribution in [0.4, 0.5) is 15.8 Å². The maximum absolute atomic E-state index is 13.1. The number of benzene rings is 2. The van der Waals surface area contributed by atoms with Crippen LogP contribution in [-0.4, -0.2) is 18.4 Å². The average molecular weight is 286 g/mol. The lowest BCUT2D eigenvalue weighted by atomic mass is 10.2. The number of ether oxygens (including phenoxy) is 1. The number of anilines is 2. The van der Waals surface area contributed by atoms with Gasteiger partial charge in [0.25, 0.3) is 11.8 Å². The van der Waals surface area contributed by atoms with Crippen LogP contribution in [0.5, 0.6) is 5.75 Å². The van der Waals surface area contributed by atoms with Crippen LogP contribution in [0.2, 0.25) is 0 Å². The molecule has 0 fully saturated rings. The second kappa shape index (κ2) is 5.24. The summed E-state index contributed by atoms with van der Waals surface area (Å²) in [4.78, 5) is 23.2. The lowest BCUT2D eigenvalue weighted by Gasteiger charge is -2.18. The lowest BCUT2D eigenvalue weighted by molar-refractivity contribution is -0.118. The Balaban J connectivity index is 1.79. The van der Waals surface area contributed by atoms with Crippen molar-refractivity contribution in [3.8, 4) is 5.75 Å². The first-order valence-electron chi connectivity index (χ1n) is 6.25. The van der Waals surface area contributed by atoms with E-state index >= 15 is 0 Å². The van der Waals surface area contributed by atoms with E-state index in [2.05, 4.69) is 10.6 Å². The van der Waals surface area contributed by atoms with E-state index in [1.165, 1.54) is 18.2 Å². The summed E-state index contributed by atoms with van der Waals surface area (Å²) in [6.07, 6.45) is 0. The molecule has 2 N–H and O–H groups in total. The van der Waals surface area contributed by atoms with E-state index < -0.39 is 11.7 Å². The number of fused-ring (bicyclic) bond motifs is 1. The highest BCUT2D eigenvalue weighted by Gasteiger charge is 2.16. The zero-order valence-corrected chi connectivity index (χ0v) is 10.9. The van der Waals surface area contributed by atoms with E-state index in [4.69, 9.17) is 4.74 Å². The highest BCUT2D eigenvalue weighted by molar-refractivity contribution is 6.04. The van der Waals surface area contributed by atoms with E-state index in [0.717, 1.165) is 6.07 Å². The Labute approximate surface area is 119 Å². The number of nitrogens with one attached hydrogen (secondary N) is 2. The topological polar surface area (TPSA) is 67.4 Å². The molecule has 1 aliphatic rings. The van der Waals surface area contributed by atoms with Crippen molar-refractivity contribution in [1.29, 1.82) is 0 Å². The molecule has 0 spiro atoms. The summed E-state index contributed by atoms with van der Waals surface area (Å²) in [5.41, 5.74) is 1.27. The Morgan fingerprint density at radius 1 is 1.24 bits per heavy atom. The van der Waals surface area contributed by atoms with E-state index in [9.17, 15) is 14.0 Å². The van der Waals surface area contributed by atoms with Crippen molar-refractivity contribution in [3.63, 3.8) is 0 Å². The predicted octanol–water partition coefficient (Wildman–Crippen LogP) is 2.41. The van der Waals surface area contributed by atoms with Gasteiger partial charge >= 0.3 is 0 Å². The normalized spacial score (nSPS) is 12.9. The molecule has 0 radical (unpaired) electrons. The summed E-state index contributed by atoms with van der Waals surface area (Å²) in [7, 11) is 0. The highest BCUT2D eigenvalue weighted by Crippen LogP contribution is 2.30. The summed E-state index contributed by atoms with van der Waals surface area (Å²) in [6, 6.07) is 10.3. The summed E-state index contributed by atoms with van der Waals surface area (Å²) in [5, 5.41) is 5.30. The molecular formula is C15H11FN2O3. The third-order valence-electron chi connectivity index (χ3n) is 2.96. The molecule has 1 aliphatic heterocycles. The molecule has 0 aliphatic carbocycles. The standard InChI is InChI=1S/C15H11FN2O3/c16-10-3-1-2-9(6-10)15(20)17-11-4-5-12-13(7-11)21-8-14(19)18-12/h1-7H,8H2,(H,17,20)(H,18,19). The van der Waals surface area contributed by atoms with Crippen molar-refractivity contribution in [3.05, 3.63) is 53.8 Å². The Morgan fingerprint density at radius 3 is 2.90 bits per heavy atom. The largest absolute Gasteiger partial charge is 0.482 e. The van der Waals surface area contributed by atoms with Gasteiger partial charge in [0.05, 0.1) is 5.69 Å². The lowest BCUT2D eigenvalue weighted by Crippen LogP contribution is -2.25. The van der Waals surface area contributed by atoms with Gasteiger partial charge in [-0.05, 0) is 30.3 Å². The molecule has 0 saturated heterocycles. The average Bonchev–Trinajstić information content (AvgIpc) is 2.47. The van der Waals surface area contributed by atoms with Crippen molar-refractivity contribution in [1.82, 2.24) is 0 Å². The maximum Gasteiger partial charge on any atom is 0.262 e. The minimum Gasteiger partial charge on any atom is -0.482 e. The van der Waals surface area contributed by atoms with Gasteiger partial charge in [-0.25, -0.2) is 4.39 Å². The van der Waals surface area contributed by atoms with Gasteiger partial charge in [-0.1, -0.05) is 6.07 Å². The molecule has 0 aromatic heterocycles. The molecule has 6 heteroatoms. The maximum atomic E-state index is 13.1. The Kier molecular flexibility index (Phi) is 3.27. The minimum absolute atomic E-state index is 0.0612. The number of halogens is 1. The second-order valence-electron chi connectivity index (χ2n) is 4.51. The molecule has 0 unspecified atom stereocenters. The summed E-state index contributed by atoms with van der Waals surface area (Å²) in [6.45, 7) is -0.0612. The number of carbonyl (C=O) groups excluding carboxylic acids is 2. The van der Waals surface area contributed by atoms with Gasteiger partial charge in [-0.15, -0.1) is 0 Å². The first-order chi connectivity index (χ1) is 10.1. The second-order valence-corrected chi connectivity index (χ2v) is 4.51. The quantitative estimate of drug-likeness (QED) is 0.891. The van der Waals surface area contributed by atoms with Crippen LogP contribution in [0.25, 0.3) is 0 Å². The van der Waals surface area contributed by atoms with E-state index in [-0.39, 0.29) is 18.1 Å². The molecule has 0 atom stereocenters. The van der Waals surface area contributed by atoms with Gasteiger partial charge in [0.15, 0.2) is 6.61 Å². The summed E-state index contributed by atoms with van der Waals surface area (Å²) in [5.74, 6) is -0.640. The van der Waals surface area contributed by atoms with Gasteiger partial charge in [0.2, 0.25) is 0 Å². The first-order valence-corrected chi connectivity index (χ1v) is 6.25.